The average Bonchev–Trinajstić information content (AvgIpc) is 1.85. The fraction of sp³-hybridized carbons (Fsp3) is 0.333. The van der Waals surface area contributed by atoms with Crippen LogP contribution in [0.4, 0.5) is 0 Å². The minimum absolute atomic E-state index is 0. The van der Waals surface area contributed by atoms with E-state index in [4.69, 9.17) is 0 Å². The first-order valence-corrected chi connectivity index (χ1v) is 2.24. The minimum atomic E-state index is -1.69. The van der Waals surface area contributed by atoms with Crippen LogP contribution in [0.15, 0.2) is 11.8 Å². The van der Waals surface area contributed by atoms with E-state index in [1.165, 1.54) is 0 Å². The number of rotatable bonds is 3. The van der Waals surface area contributed by atoms with E-state index in [2.05, 4.69) is 4.74 Å². The molecule has 8 nitrogen and oxygen atoms in total. The van der Waals surface area contributed by atoms with Gasteiger partial charge in [-0.2, -0.15) is 0 Å². The number of hydrogen-bond acceptors (Lipinski definition) is 6. The molecule has 12 heavy (non-hydrogen) atoms. The van der Waals surface area contributed by atoms with Crippen LogP contribution in [-0.4, -0.2) is 17.0 Å². The van der Waals surface area contributed by atoms with Gasteiger partial charge in [-0.15, -0.1) is 0 Å². The Morgan fingerprint density at radius 2 is 1.58 bits per heavy atom. The van der Waals surface area contributed by atoms with Gasteiger partial charge in [-0.3, -0.25) is 20.2 Å². The summed E-state index contributed by atoms with van der Waals surface area (Å²) in [5.74, 6) is -3.26. The second-order valence-electron chi connectivity index (χ2n) is 1.33. The molecule has 0 aromatic carbocycles. The van der Waals surface area contributed by atoms with E-state index >= 15 is 0 Å². The summed E-state index contributed by atoms with van der Waals surface area (Å²) < 4.78 is 3.78. The number of hydrogen-bond donors (Lipinski definition) is 0. The molecule has 0 bridgehead atoms. The zero-order valence-electron chi connectivity index (χ0n) is 6.34. The summed E-state index contributed by atoms with van der Waals surface area (Å²) >= 11 is 0. The third-order valence-corrected chi connectivity index (χ3v) is 0.714. The van der Waals surface area contributed by atoms with Gasteiger partial charge in [-0.05, 0) is 7.11 Å². The molecule has 0 rings (SSSR count). The summed E-state index contributed by atoms with van der Waals surface area (Å²) in [6.45, 7) is 0. The molecule has 0 fully saturated rings. The van der Waals surface area contributed by atoms with Gasteiger partial charge in [0, 0.05) is 0 Å². The normalized spacial score (nSPS) is 7.75. The maximum absolute atomic E-state index is 10.3. The summed E-state index contributed by atoms with van der Waals surface area (Å²) in [6, 6.07) is 0. The Labute approximate surface area is 109 Å². The van der Waals surface area contributed by atoms with E-state index in [9.17, 15) is 25.3 Å². The number of nitrogens with zero attached hydrogens (tertiary/aromatic N) is 2. The Morgan fingerprint density at radius 3 is 1.67 bits per heavy atom. The summed E-state index contributed by atoms with van der Waals surface area (Å²) in [6.07, 6.45) is 0. The van der Waals surface area contributed by atoms with Crippen molar-refractivity contribution < 1.29 is 71.1 Å². The molecule has 0 aromatic rings. The topological polar surface area (TPSA) is 119 Å². The van der Waals surface area contributed by atoms with Gasteiger partial charge in [0.05, 0.1) is 0 Å². The second-order valence-corrected chi connectivity index (χ2v) is 1.33. The summed E-state index contributed by atoms with van der Waals surface area (Å²) in [5.41, 5.74) is 0. The van der Waals surface area contributed by atoms with Crippen molar-refractivity contribution >= 4 is 0 Å². The molecular weight excluding hydrogens is 199 g/mol. The molecule has 0 N–H and O–H groups in total. The smallest absolute Gasteiger partial charge is 0.607 e. The van der Waals surface area contributed by atoms with Crippen LogP contribution in [0.3, 0.4) is 0 Å². The Bertz CT molecular complexity index is 209. The van der Waals surface area contributed by atoms with Crippen LogP contribution < -0.4 is 56.5 Å². The predicted molar refractivity (Wildman–Crippen MR) is 28.0 cm³/mol. The summed E-state index contributed by atoms with van der Waals surface area (Å²) in [7, 11) is 0.815. The number of nitro groups is 2. The van der Waals surface area contributed by atoms with E-state index in [1.807, 2.05) is 0 Å². The molecule has 0 radical (unpaired) electrons. The Hall–Kier alpha value is -0.224. The van der Waals surface area contributed by atoms with Gasteiger partial charge in [0.2, 0.25) is 5.95 Å². The monoisotopic (exact) mass is 202 g/mol. The van der Waals surface area contributed by atoms with Crippen molar-refractivity contribution in [3.05, 3.63) is 32.0 Å². The van der Waals surface area contributed by atoms with Crippen molar-refractivity contribution in [3.63, 3.8) is 0 Å². The SMILES string of the molecule is COC([O-])=C([N+](=O)[O-])[N+](=O)[O-].[K+]. The molecule has 0 saturated carbocycles. The molecule has 0 aliphatic carbocycles. The standard InChI is InChI=1S/C3H4N2O6.K/c1-11-3(6)2(4(7)8)5(9)10;/h6H,1H3;/q;+1/p-1. The van der Waals surface area contributed by atoms with Gasteiger partial charge in [-0.25, -0.2) is 0 Å². The van der Waals surface area contributed by atoms with Crippen LogP contribution >= 0.6 is 0 Å². The van der Waals surface area contributed by atoms with Crippen molar-refractivity contribution in [1.29, 1.82) is 0 Å². The third kappa shape index (κ3) is 3.97. The predicted octanol–water partition coefficient (Wildman–Crippen LogP) is -4.32. The first-order valence-electron chi connectivity index (χ1n) is 2.24. The number of methoxy groups -OCH3 is 1. The molecule has 9 heteroatoms. The zero-order chi connectivity index (χ0) is 9.02. The van der Waals surface area contributed by atoms with Gasteiger partial charge in [0.25, 0.3) is 0 Å². The van der Waals surface area contributed by atoms with Crippen LogP contribution in [0.1, 0.15) is 0 Å². The average molecular weight is 202 g/mol. The zero-order valence-corrected chi connectivity index (χ0v) is 9.47. The van der Waals surface area contributed by atoms with Gasteiger partial charge in [0.1, 0.15) is 9.85 Å². The Morgan fingerprint density at radius 1 is 1.25 bits per heavy atom. The largest absolute Gasteiger partial charge is 1.00 e. The quantitative estimate of drug-likeness (QED) is 0.197. The van der Waals surface area contributed by atoms with E-state index in [1.54, 1.807) is 0 Å². The van der Waals surface area contributed by atoms with Crippen LogP contribution in [0, 0.1) is 20.2 Å². The van der Waals surface area contributed by atoms with Crippen molar-refractivity contribution in [2.24, 2.45) is 0 Å². The molecule has 0 heterocycles. The van der Waals surface area contributed by atoms with E-state index in [-0.39, 0.29) is 51.4 Å². The Kier molecular flexibility index (Phi) is 7.52. The van der Waals surface area contributed by atoms with Crippen molar-refractivity contribution in [1.82, 2.24) is 0 Å². The first kappa shape index (κ1) is 14.3. The van der Waals surface area contributed by atoms with Gasteiger partial charge >= 0.3 is 57.2 Å². The fourth-order valence-electron chi connectivity index (χ4n) is 0.307. The molecular formula is C3H3KN2O6. The van der Waals surface area contributed by atoms with E-state index in [0.29, 0.717) is 0 Å². The maximum atomic E-state index is 10.3. The summed E-state index contributed by atoms with van der Waals surface area (Å²) in [5, 5.41) is 29.8. The first-order chi connectivity index (χ1) is 5.00. The molecule has 0 spiro atoms. The molecule has 0 unspecified atom stereocenters. The molecule has 0 amide bonds. The molecule has 0 aromatic heterocycles. The Balaban J connectivity index is 0. The molecule has 0 aliphatic heterocycles. The van der Waals surface area contributed by atoms with Crippen molar-refractivity contribution in [2.75, 3.05) is 7.11 Å². The molecule has 0 saturated heterocycles. The molecule has 0 atom stereocenters. The third-order valence-electron chi connectivity index (χ3n) is 0.714. The van der Waals surface area contributed by atoms with Crippen molar-refractivity contribution in [3.8, 4) is 0 Å². The minimum Gasteiger partial charge on any atom is -0.607 e. The van der Waals surface area contributed by atoms with Gasteiger partial charge < -0.3 is 9.84 Å². The van der Waals surface area contributed by atoms with E-state index < -0.39 is 21.6 Å². The second kappa shape index (κ2) is 6.31. The van der Waals surface area contributed by atoms with Gasteiger partial charge in [-0.1, -0.05) is 0 Å². The van der Waals surface area contributed by atoms with E-state index in [0.717, 1.165) is 7.11 Å². The molecule has 0 aliphatic rings. The molecule has 62 valence electrons. The van der Waals surface area contributed by atoms with Crippen molar-refractivity contribution in [2.45, 2.75) is 0 Å². The van der Waals surface area contributed by atoms with Crippen LogP contribution in [-0.2, 0) is 4.74 Å². The number of ether oxygens (including phenoxy) is 1. The maximum Gasteiger partial charge on any atom is 1.00 e. The van der Waals surface area contributed by atoms with Crippen LogP contribution in [0.2, 0.25) is 0 Å². The van der Waals surface area contributed by atoms with Crippen LogP contribution in [0.5, 0.6) is 0 Å². The summed E-state index contributed by atoms with van der Waals surface area (Å²) in [4.78, 5) is 16.7. The van der Waals surface area contributed by atoms with Crippen LogP contribution in [0.25, 0.3) is 0 Å². The fourth-order valence-corrected chi connectivity index (χ4v) is 0.307. The van der Waals surface area contributed by atoms with Gasteiger partial charge in [0.15, 0.2) is 0 Å².